The van der Waals surface area contributed by atoms with E-state index in [4.69, 9.17) is 0 Å². The third kappa shape index (κ3) is 3.88. The van der Waals surface area contributed by atoms with Gasteiger partial charge in [-0.05, 0) is 56.5 Å². The normalized spacial score (nSPS) is 11.4. The third-order valence-corrected chi connectivity index (χ3v) is 3.54. The van der Waals surface area contributed by atoms with Crippen LogP contribution in [0.25, 0.3) is 0 Å². The molecule has 0 saturated heterocycles. The molecule has 0 spiro atoms. The van der Waals surface area contributed by atoms with Crippen LogP contribution in [0, 0.1) is 6.92 Å². The number of nitrogens with zero attached hydrogens (tertiary/aromatic N) is 3. The molecule has 16 heavy (non-hydrogen) atoms. The zero-order chi connectivity index (χ0) is 12.1. The first-order valence-electron chi connectivity index (χ1n) is 5.55. The Morgan fingerprint density at radius 1 is 1.44 bits per heavy atom. The fraction of sp³-hybridized carbons (Fsp3) is 0.727. The van der Waals surface area contributed by atoms with E-state index in [1.54, 1.807) is 0 Å². The van der Waals surface area contributed by atoms with Crippen molar-refractivity contribution in [3.05, 3.63) is 15.9 Å². The highest BCUT2D eigenvalue weighted by Crippen LogP contribution is 2.19. The largest absolute Gasteiger partial charge is 0.311 e. The number of aryl methyl sites for hydroxylation is 2. The first-order chi connectivity index (χ1) is 7.52. The highest BCUT2D eigenvalue weighted by molar-refractivity contribution is 9.10. The molecule has 0 aliphatic carbocycles. The number of halogens is 1. The Kier molecular flexibility index (Phi) is 5.44. The fourth-order valence-electron chi connectivity index (χ4n) is 1.60. The van der Waals surface area contributed by atoms with Gasteiger partial charge in [-0.1, -0.05) is 0 Å². The van der Waals surface area contributed by atoms with Crippen LogP contribution in [0.1, 0.15) is 17.8 Å². The van der Waals surface area contributed by atoms with Gasteiger partial charge in [0.05, 0.1) is 15.9 Å². The van der Waals surface area contributed by atoms with Gasteiger partial charge >= 0.3 is 0 Å². The summed E-state index contributed by atoms with van der Waals surface area (Å²) in [7, 11) is 6.18. The number of hydrogen-bond acceptors (Lipinski definition) is 3. The van der Waals surface area contributed by atoms with E-state index in [9.17, 15) is 0 Å². The molecule has 0 bridgehead atoms. The summed E-state index contributed by atoms with van der Waals surface area (Å²) in [5, 5.41) is 7.79. The average Bonchev–Trinajstić information content (AvgIpc) is 2.43. The van der Waals surface area contributed by atoms with Crippen LogP contribution in [-0.4, -0.2) is 41.9 Å². The minimum absolute atomic E-state index is 0.866. The third-order valence-electron chi connectivity index (χ3n) is 2.51. The van der Waals surface area contributed by atoms with Gasteiger partial charge in [-0.15, -0.1) is 0 Å². The van der Waals surface area contributed by atoms with Crippen LogP contribution in [0.4, 0.5) is 0 Å². The molecule has 1 rings (SSSR count). The molecule has 0 fully saturated rings. The second-order valence-corrected chi connectivity index (χ2v) is 5.10. The Morgan fingerprint density at radius 3 is 2.62 bits per heavy atom. The summed E-state index contributed by atoms with van der Waals surface area (Å²) in [6.07, 6.45) is 1.17. The van der Waals surface area contributed by atoms with Gasteiger partial charge in [0.15, 0.2) is 0 Å². The van der Waals surface area contributed by atoms with Crippen LogP contribution in [0.3, 0.4) is 0 Å². The van der Waals surface area contributed by atoms with E-state index in [1.165, 1.54) is 12.1 Å². The Bertz CT molecular complexity index is 333. The Morgan fingerprint density at radius 2 is 2.12 bits per heavy atom. The van der Waals surface area contributed by atoms with E-state index in [0.717, 1.165) is 29.8 Å². The molecule has 0 radical (unpaired) electrons. The van der Waals surface area contributed by atoms with Crippen LogP contribution < -0.4 is 5.32 Å². The van der Waals surface area contributed by atoms with Gasteiger partial charge in [0.25, 0.3) is 0 Å². The number of aromatic nitrogens is 2. The summed E-state index contributed by atoms with van der Waals surface area (Å²) in [6.45, 7) is 5.04. The van der Waals surface area contributed by atoms with Gasteiger partial charge in [-0.2, -0.15) is 5.10 Å². The topological polar surface area (TPSA) is 33.1 Å². The van der Waals surface area contributed by atoms with E-state index in [0.29, 0.717) is 0 Å². The Balaban J connectivity index is 2.32. The van der Waals surface area contributed by atoms with Gasteiger partial charge in [-0.25, -0.2) is 0 Å². The van der Waals surface area contributed by atoms with E-state index in [1.807, 2.05) is 18.7 Å². The molecule has 4 nitrogen and oxygen atoms in total. The predicted octanol–water partition coefficient (Wildman–Crippen LogP) is 1.53. The molecule has 1 aromatic heterocycles. The molecular formula is C11H21BrN4. The lowest BCUT2D eigenvalue weighted by Gasteiger charge is -2.10. The quantitative estimate of drug-likeness (QED) is 0.806. The van der Waals surface area contributed by atoms with Crippen molar-refractivity contribution in [2.75, 3.05) is 27.2 Å². The minimum Gasteiger partial charge on any atom is -0.311 e. The molecular weight excluding hydrogens is 268 g/mol. The summed E-state index contributed by atoms with van der Waals surface area (Å²) < 4.78 is 3.05. The molecule has 0 amide bonds. The van der Waals surface area contributed by atoms with E-state index in [-0.39, 0.29) is 0 Å². The van der Waals surface area contributed by atoms with Crippen molar-refractivity contribution in [3.63, 3.8) is 0 Å². The van der Waals surface area contributed by atoms with Crippen molar-refractivity contribution >= 4 is 15.9 Å². The SMILES string of the molecule is Cc1nn(C)c(CNCCCN(C)C)c1Br. The standard InChI is InChI=1S/C11H21BrN4/c1-9-11(12)10(16(4)14-9)8-13-6-5-7-15(2)3/h13H,5-8H2,1-4H3. The molecule has 0 aliphatic rings. The van der Waals surface area contributed by atoms with Gasteiger partial charge < -0.3 is 10.2 Å². The second kappa shape index (κ2) is 6.37. The van der Waals surface area contributed by atoms with Crippen molar-refractivity contribution in [1.82, 2.24) is 20.0 Å². The molecule has 1 aromatic rings. The van der Waals surface area contributed by atoms with Gasteiger partial charge in [0.1, 0.15) is 0 Å². The summed E-state index contributed by atoms with van der Waals surface area (Å²) in [4.78, 5) is 2.20. The van der Waals surface area contributed by atoms with Gasteiger partial charge in [0, 0.05) is 13.6 Å². The molecule has 1 heterocycles. The minimum atomic E-state index is 0.866. The number of rotatable bonds is 6. The Hall–Kier alpha value is -0.390. The van der Waals surface area contributed by atoms with Crippen molar-refractivity contribution in [3.8, 4) is 0 Å². The molecule has 0 atom stereocenters. The van der Waals surface area contributed by atoms with E-state index in [2.05, 4.69) is 45.3 Å². The molecule has 0 aromatic carbocycles. The zero-order valence-electron chi connectivity index (χ0n) is 10.5. The average molecular weight is 289 g/mol. The highest BCUT2D eigenvalue weighted by atomic mass is 79.9. The molecule has 0 saturated carbocycles. The number of hydrogen-bond donors (Lipinski definition) is 1. The van der Waals surface area contributed by atoms with Crippen molar-refractivity contribution < 1.29 is 0 Å². The summed E-state index contributed by atoms with van der Waals surface area (Å²) >= 11 is 3.56. The van der Waals surface area contributed by atoms with Gasteiger partial charge in [-0.3, -0.25) is 4.68 Å². The van der Waals surface area contributed by atoms with Crippen LogP contribution in [0.15, 0.2) is 4.47 Å². The first kappa shape index (κ1) is 13.7. The van der Waals surface area contributed by atoms with Gasteiger partial charge in [0.2, 0.25) is 0 Å². The van der Waals surface area contributed by atoms with E-state index < -0.39 is 0 Å². The maximum atomic E-state index is 4.36. The smallest absolute Gasteiger partial charge is 0.0739 e. The lowest BCUT2D eigenvalue weighted by atomic mass is 10.3. The van der Waals surface area contributed by atoms with E-state index >= 15 is 0 Å². The summed E-state index contributed by atoms with van der Waals surface area (Å²) in [5.74, 6) is 0. The monoisotopic (exact) mass is 288 g/mol. The van der Waals surface area contributed by atoms with Crippen molar-refractivity contribution in [2.45, 2.75) is 19.9 Å². The van der Waals surface area contributed by atoms with Crippen molar-refractivity contribution in [2.24, 2.45) is 7.05 Å². The zero-order valence-corrected chi connectivity index (χ0v) is 12.1. The lowest BCUT2D eigenvalue weighted by Crippen LogP contribution is -2.22. The maximum absolute atomic E-state index is 4.36. The van der Waals surface area contributed by atoms with Crippen LogP contribution in [0.5, 0.6) is 0 Å². The lowest BCUT2D eigenvalue weighted by molar-refractivity contribution is 0.393. The molecule has 5 heteroatoms. The molecule has 1 N–H and O–H groups in total. The molecule has 0 unspecified atom stereocenters. The van der Waals surface area contributed by atoms with Crippen LogP contribution in [-0.2, 0) is 13.6 Å². The molecule has 0 aliphatic heterocycles. The predicted molar refractivity (Wildman–Crippen MR) is 70.5 cm³/mol. The second-order valence-electron chi connectivity index (χ2n) is 4.30. The number of nitrogens with one attached hydrogen (secondary N) is 1. The fourth-order valence-corrected chi connectivity index (χ4v) is 2.08. The maximum Gasteiger partial charge on any atom is 0.0739 e. The highest BCUT2D eigenvalue weighted by Gasteiger charge is 2.09. The summed E-state index contributed by atoms with van der Waals surface area (Å²) in [5.41, 5.74) is 2.26. The van der Waals surface area contributed by atoms with Crippen molar-refractivity contribution in [1.29, 1.82) is 0 Å². The molecule has 92 valence electrons. The first-order valence-corrected chi connectivity index (χ1v) is 6.35. The Labute approximate surface area is 106 Å². The van der Waals surface area contributed by atoms with Crippen LogP contribution in [0.2, 0.25) is 0 Å². The summed E-state index contributed by atoms with van der Waals surface area (Å²) in [6, 6.07) is 0. The van der Waals surface area contributed by atoms with Crippen LogP contribution >= 0.6 is 15.9 Å².